The molecule has 0 saturated carbocycles. The zero-order chi connectivity index (χ0) is 26.2. The van der Waals surface area contributed by atoms with Gasteiger partial charge in [-0.15, -0.1) is 0 Å². The first-order valence-electron chi connectivity index (χ1n) is 11.7. The summed E-state index contributed by atoms with van der Waals surface area (Å²) in [4.78, 5) is 38.8. The average Bonchev–Trinajstić information content (AvgIpc) is 3.20. The molecule has 4 heterocycles. The van der Waals surface area contributed by atoms with E-state index in [9.17, 15) is 9.18 Å². The van der Waals surface area contributed by atoms with Gasteiger partial charge in [0.15, 0.2) is 11.5 Å². The van der Waals surface area contributed by atoms with Gasteiger partial charge in [-0.05, 0) is 46.7 Å². The lowest BCUT2D eigenvalue weighted by atomic mass is 9.98. The number of carboxylic acid groups (broad SMARTS) is 1. The van der Waals surface area contributed by atoms with Crippen LogP contribution >= 0.6 is 0 Å². The first kappa shape index (κ1) is 26.8. The molecular weight excluding hydrogens is 469 g/mol. The number of aromatic nitrogens is 4. The normalized spacial score (nSPS) is 15.4. The van der Waals surface area contributed by atoms with Gasteiger partial charge in [-0.1, -0.05) is 0 Å². The highest BCUT2D eigenvalue weighted by molar-refractivity contribution is 6.05. The van der Waals surface area contributed by atoms with Crippen LogP contribution in [-0.4, -0.2) is 82.1 Å². The van der Waals surface area contributed by atoms with Gasteiger partial charge in [0.2, 0.25) is 11.8 Å². The average molecular weight is 502 g/mol. The van der Waals surface area contributed by atoms with Crippen LogP contribution in [-0.2, 0) is 4.79 Å². The number of nitrogens with one attached hydrogen (secondary N) is 1. The quantitative estimate of drug-likeness (QED) is 0.470. The number of carbonyl (C=O) groups excluding carboxylic acids is 1. The number of carbonyl (C=O) groups is 2. The van der Waals surface area contributed by atoms with Crippen LogP contribution < -0.4 is 15.0 Å². The van der Waals surface area contributed by atoms with E-state index in [-0.39, 0.29) is 23.6 Å². The van der Waals surface area contributed by atoms with Crippen molar-refractivity contribution in [3.63, 3.8) is 0 Å². The molecule has 1 saturated heterocycles. The number of anilines is 2. The number of aryl methyl sites for hydroxylation is 1. The van der Waals surface area contributed by atoms with Gasteiger partial charge < -0.3 is 29.4 Å². The fourth-order valence-electron chi connectivity index (χ4n) is 4.27. The summed E-state index contributed by atoms with van der Waals surface area (Å²) in [6.07, 6.45) is 7.03. The Labute approximate surface area is 208 Å². The molecule has 1 atom stereocenters. The van der Waals surface area contributed by atoms with E-state index in [1.165, 1.54) is 18.7 Å². The van der Waals surface area contributed by atoms with Crippen molar-refractivity contribution in [2.24, 2.45) is 5.92 Å². The van der Waals surface area contributed by atoms with E-state index >= 15 is 0 Å². The highest BCUT2D eigenvalue weighted by atomic mass is 19.1. The fraction of sp³-hybridized carbons (Fsp3) is 0.458. The minimum atomic E-state index is -0.519. The zero-order valence-corrected chi connectivity index (χ0v) is 20.9. The predicted molar refractivity (Wildman–Crippen MR) is 133 cm³/mol. The maximum absolute atomic E-state index is 14.4. The molecule has 0 bridgehead atoms. The van der Waals surface area contributed by atoms with E-state index in [2.05, 4.69) is 44.2 Å². The molecule has 1 aliphatic rings. The zero-order valence-electron chi connectivity index (χ0n) is 20.9. The van der Waals surface area contributed by atoms with Gasteiger partial charge in [0.25, 0.3) is 12.4 Å². The smallest absolute Gasteiger partial charge is 0.290 e. The Kier molecular flexibility index (Phi) is 9.12. The molecule has 1 unspecified atom stereocenters. The molecule has 12 heteroatoms. The summed E-state index contributed by atoms with van der Waals surface area (Å²) in [6, 6.07) is 1.24. The molecule has 1 fully saturated rings. The van der Waals surface area contributed by atoms with Gasteiger partial charge in [0, 0.05) is 44.3 Å². The van der Waals surface area contributed by atoms with Crippen LogP contribution in [0, 0.1) is 18.7 Å². The number of ether oxygens (including phenoxy) is 1. The van der Waals surface area contributed by atoms with Crippen LogP contribution in [0.25, 0.3) is 5.65 Å². The summed E-state index contributed by atoms with van der Waals surface area (Å²) in [5.74, 6) is 0.321. The van der Waals surface area contributed by atoms with Crippen molar-refractivity contribution >= 4 is 29.7 Å². The van der Waals surface area contributed by atoms with Crippen molar-refractivity contribution in [3.05, 3.63) is 41.7 Å². The molecule has 3 aromatic heterocycles. The van der Waals surface area contributed by atoms with Crippen molar-refractivity contribution in [3.8, 4) is 5.88 Å². The molecule has 4 rings (SSSR count). The molecule has 2 N–H and O–H groups in total. The molecule has 0 radical (unpaired) electrons. The van der Waals surface area contributed by atoms with E-state index in [0.29, 0.717) is 29.9 Å². The summed E-state index contributed by atoms with van der Waals surface area (Å²) < 4.78 is 21.6. The topological polar surface area (TPSA) is 125 Å². The SMILES string of the molecule is CCOc1nc(N2CCCC(CN(C)C)C2)ncc1C(=O)Nc1cc(F)c2nc(C)cn2c1.O=CO. The molecule has 1 amide bonds. The van der Waals surface area contributed by atoms with Crippen LogP contribution in [0.15, 0.2) is 24.7 Å². The van der Waals surface area contributed by atoms with Crippen LogP contribution in [0.3, 0.4) is 0 Å². The van der Waals surface area contributed by atoms with Crippen LogP contribution in [0.4, 0.5) is 16.0 Å². The minimum absolute atomic E-state index is 0.199. The summed E-state index contributed by atoms with van der Waals surface area (Å²) in [5, 5.41) is 9.61. The Balaban J connectivity index is 0.00000115. The van der Waals surface area contributed by atoms with Crippen molar-refractivity contribution in [1.82, 2.24) is 24.3 Å². The minimum Gasteiger partial charge on any atom is -0.483 e. The van der Waals surface area contributed by atoms with E-state index in [0.717, 1.165) is 26.1 Å². The van der Waals surface area contributed by atoms with Gasteiger partial charge >= 0.3 is 0 Å². The molecule has 0 aliphatic carbocycles. The lowest BCUT2D eigenvalue weighted by Gasteiger charge is -2.34. The number of fused-ring (bicyclic) bond motifs is 1. The van der Waals surface area contributed by atoms with Crippen molar-refractivity contribution in [2.45, 2.75) is 26.7 Å². The van der Waals surface area contributed by atoms with Crippen LogP contribution in [0.5, 0.6) is 5.88 Å². The third kappa shape index (κ3) is 6.66. The number of amides is 1. The Morgan fingerprint density at radius 1 is 1.36 bits per heavy atom. The number of nitrogens with zero attached hydrogens (tertiary/aromatic N) is 6. The Morgan fingerprint density at radius 2 is 2.11 bits per heavy atom. The van der Waals surface area contributed by atoms with E-state index < -0.39 is 11.7 Å². The molecule has 1 aliphatic heterocycles. The molecule has 11 nitrogen and oxygen atoms in total. The molecule has 0 aromatic carbocycles. The molecule has 3 aromatic rings. The summed E-state index contributed by atoms with van der Waals surface area (Å²) >= 11 is 0. The van der Waals surface area contributed by atoms with Crippen LogP contribution in [0.2, 0.25) is 0 Å². The van der Waals surface area contributed by atoms with Gasteiger partial charge in [0.05, 0.1) is 18.0 Å². The largest absolute Gasteiger partial charge is 0.483 e. The Bertz CT molecular complexity index is 1200. The monoisotopic (exact) mass is 501 g/mol. The van der Waals surface area contributed by atoms with Crippen LogP contribution in [0.1, 0.15) is 35.8 Å². The third-order valence-corrected chi connectivity index (χ3v) is 5.58. The molecule has 194 valence electrons. The van der Waals surface area contributed by atoms with Gasteiger partial charge in [-0.2, -0.15) is 4.98 Å². The summed E-state index contributed by atoms with van der Waals surface area (Å²) in [7, 11) is 4.15. The van der Waals surface area contributed by atoms with E-state index in [1.54, 1.807) is 23.7 Å². The van der Waals surface area contributed by atoms with Crippen molar-refractivity contribution < 1.29 is 23.8 Å². The summed E-state index contributed by atoms with van der Waals surface area (Å²) in [5.41, 5.74) is 1.40. The van der Waals surface area contributed by atoms with Crippen molar-refractivity contribution in [2.75, 3.05) is 50.6 Å². The number of pyridine rings is 1. The maximum Gasteiger partial charge on any atom is 0.290 e. The van der Waals surface area contributed by atoms with Gasteiger partial charge in [-0.3, -0.25) is 9.59 Å². The maximum atomic E-state index is 14.4. The first-order valence-corrected chi connectivity index (χ1v) is 11.7. The second-order valence-corrected chi connectivity index (χ2v) is 8.79. The highest BCUT2D eigenvalue weighted by Gasteiger charge is 2.24. The Hall–Kier alpha value is -3.80. The number of imidazole rings is 1. The number of hydrogen-bond acceptors (Lipinski definition) is 8. The molecule has 0 spiro atoms. The number of rotatable bonds is 7. The number of halogens is 1. The highest BCUT2D eigenvalue weighted by Crippen LogP contribution is 2.25. The Morgan fingerprint density at radius 3 is 2.81 bits per heavy atom. The van der Waals surface area contributed by atoms with Gasteiger partial charge in [0.1, 0.15) is 5.56 Å². The molecular formula is C24H32FN7O4. The number of piperidine rings is 1. The second-order valence-electron chi connectivity index (χ2n) is 8.79. The third-order valence-electron chi connectivity index (χ3n) is 5.58. The van der Waals surface area contributed by atoms with Gasteiger partial charge in [-0.25, -0.2) is 14.4 Å². The molecule has 36 heavy (non-hydrogen) atoms. The predicted octanol–water partition coefficient (Wildman–Crippen LogP) is 2.70. The lowest BCUT2D eigenvalue weighted by Crippen LogP contribution is -2.40. The summed E-state index contributed by atoms with van der Waals surface area (Å²) in [6.45, 7) is 6.45. The number of hydrogen-bond donors (Lipinski definition) is 2. The standard InChI is InChI=1S/C23H30FN7O2.CH2O2/c1-5-33-22-18(10-25-23(28-22)30-8-6-7-16(13-30)12-29(3)4)21(32)27-17-9-19(24)20-26-15(2)11-31(20)14-17;2-1-3/h9-11,14,16H,5-8,12-13H2,1-4H3,(H,27,32);1H,(H,2,3). The van der Waals surface area contributed by atoms with E-state index in [1.807, 2.05) is 6.92 Å². The van der Waals surface area contributed by atoms with Crippen molar-refractivity contribution in [1.29, 1.82) is 0 Å². The first-order chi connectivity index (χ1) is 17.2. The fourth-order valence-corrected chi connectivity index (χ4v) is 4.27. The second kappa shape index (κ2) is 12.2. The van der Waals surface area contributed by atoms with E-state index in [4.69, 9.17) is 14.6 Å². The lowest BCUT2D eigenvalue weighted by molar-refractivity contribution is -0.122.